The monoisotopic (exact) mass is 1120 g/mol. The molecule has 380 valence electrons. The predicted molar refractivity (Wildman–Crippen MR) is 285 cm³/mol. The van der Waals surface area contributed by atoms with Crippen LogP contribution in [0.3, 0.4) is 0 Å². The van der Waals surface area contributed by atoms with Crippen LogP contribution < -0.4 is 25.0 Å². The average Bonchev–Trinajstić information content (AvgIpc) is 3.37. The molecule has 0 aliphatic carbocycles. The number of hydrogen-bond donors (Lipinski definition) is 4. The van der Waals surface area contributed by atoms with Crippen molar-refractivity contribution in [3.63, 3.8) is 0 Å². The van der Waals surface area contributed by atoms with Crippen molar-refractivity contribution in [2.24, 2.45) is 25.4 Å². The largest absolute Gasteiger partial charge is 2.00 e. The van der Waals surface area contributed by atoms with E-state index in [1.54, 1.807) is 111 Å². The molecule has 0 fully saturated rings. The zero-order valence-electron chi connectivity index (χ0n) is 40.1. The Balaban J connectivity index is 0.000000241. The number of carbonyl (C=O) groups is 1. The molecule has 0 saturated heterocycles. The summed E-state index contributed by atoms with van der Waals surface area (Å²) in [5.74, 6) is -1.69. The molecule has 18 nitrogen and oxygen atoms in total. The first-order valence-electron chi connectivity index (χ1n) is 22.0. The van der Waals surface area contributed by atoms with Crippen molar-refractivity contribution >= 4 is 149 Å². The predicted octanol–water partition coefficient (Wildman–Crippen LogP) is 11.5. The molecule has 0 spiro atoms. The molecule has 0 aliphatic rings. The Kier molecular flexibility index (Phi) is 19.0. The number of amides is 1. The average molecular weight is 1120 g/mol. The minimum atomic E-state index is -4.64. The summed E-state index contributed by atoms with van der Waals surface area (Å²) in [6.07, 6.45) is 0.337. The molecule has 8 aromatic carbocycles. The maximum atomic E-state index is 13.4. The Labute approximate surface area is 470 Å². The second kappa shape index (κ2) is 24.7. The first-order valence-corrected chi connectivity index (χ1v) is 25.7. The molecule has 8 aromatic rings. The van der Waals surface area contributed by atoms with Crippen molar-refractivity contribution in [3.05, 3.63) is 166 Å². The molecule has 0 aromatic heterocycles. The maximum absolute atomic E-state index is 13.4. The summed E-state index contributed by atoms with van der Waals surface area (Å²) in [6, 6.07) is 35.7. The summed E-state index contributed by atoms with van der Waals surface area (Å²) in [5.41, 5.74) is 0.810. The van der Waals surface area contributed by atoms with E-state index in [9.17, 15) is 46.1 Å². The number of phenolic OH excluding ortho intramolecular Hbond substituents is 1. The number of azo groups is 2. The second-order valence-electron chi connectivity index (χ2n) is 15.7. The normalized spacial score (nSPS) is 11.9. The van der Waals surface area contributed by atoms with Crippen LogP contribution in [0.2, 0.25) is 10.0 Å². The summed E-state index contributed by atoms with van der Waals surface area (Å²) >= 11 is 12.0. The number of para-hydroxylation sites is 4. The molecule has 23 heteroatoms. The number of phenols is 1. The molecule has 0 aliphatic heterocycles. The van der Waals surface area contributed by atoms with Crippen LogP contribution >= 0.6 is 23.2 Å². The van der Waals surface area contributed by atoms with Gasteiger partial charge in [0.15, 0.2) is 5.75 Å². The quantitative estimate of drug-likeness (QED) is 0.0260. The minimum absolute atomic E-state index is 0. The van der Waals surface area contributed by atoms with Gasteiger partial charge in [-0.25, -0.2) is 0 Å². The summed E-state index contributed by atoms with van der Waals surface area (Å²) in [4.78, 5) is 16.3. The van der Waals surface area contributed by atoms with Crippen molar-refractivity contribution in [2.75, 3.05) is 19.5 Å². The molecule has 8 rings (SSSR count). The van der Waals surface area contributed by atoms with E-state index in [2.05, 4.69) is 30.8 Å². The number of methoxy groups -OCH3 is 2. The molecule has 75 heavy (non-hydrogen) atoms. The number of rotatable bonds is 14. The molecular formula is C52H42CaCl2N6O12S2. The van der Waals surface area contributed by atoms with Crippen LogP contribution in [-0.4, -0.2) is 94.8 Å². The van der Waals surface area contributed by atoms with Crippen LogP contribution in [-0.2, 0) is 33.1 Å². The number of nitrogens with one attached hydrogen (secondary N) is 1. The topological polar surface area (TPSA) is 284 Å². The molecule has 0 heterocycles. The van der Waals surface area contributed by atoms with Gasteiger partial charge >= 0.3 is 37.7 Å². The number of nitrogens with zero attached hydrogens (tertiary/aromatic N) is 5. The van der Waals surface area contributed by atoms with Crippen molar-refractivity contribution in [3.8, 4) is 23.0 Å². The third-order valence-corrected chi connectivity index (χ3v) is 14.0. The van der Waals surface area contributed by atoms with Gasteiger partial charge in [-0.1, -0.05) is 116 Å². The van der Waals surface area contributed by atoms with Gasteiger partial charge < -0.3 is 30.1 Å². The molecule has 0 atom stereocenters. The zero-order valence-corrected chi connectivity index (χ0v) is 45.5. The molecule has 0 unspecified atom stereocenters. The fourth-order valence-corrected chi connectivity index (χ4v) is 10.5. The van der Waals surface area contributed by atoms with Crippen molar-refractivity contribution < 1.29 is 55.5 Å². The van der Waals surface area contributed by atoms with E-state index in [0.29, 0.717) is 38.7 Å². The van der Waals surface area contributed by atoms with Crippen molar-refractivity contribution in [1.29, 1.82) is 0 Å². The Morgan fingerprint density at radius 3 is 1.59 bits per heavy atom. The van der Waals surface area contributed by atoms with Gasteiger partial charge in [-0.05, 0) is 95.7 Å². The summed E-state index contributed by atoms with van der Waals surface area (Å²) in [7, 11) is -6.34. The van der Waals surface area contributed by atoms with Gasteiger partial charge in [-0.15, -0.1) is 5.11 Å². The van der Waals surface area contributed by atoms with Crippen molar-refractivity contribution in [2.45, 2.75) is 36.5 Å². The van der Waals surface area contributed by atoms with Gasteiger partial charge in [0, 0.05) is 21.9 Å². The SMILES string of the molecule is CCc1c(N=Nc2c(O)c(C(=O)Nc3ccccc3OC)cc3ccccc23)ccc(Cl)c1S(=O)(=O)O.CCc1c(N=Nc2c([O-])c(C([O-])=Nc3ccccc3OC)cc3ccccc23)ccc(Cl)c1S(=O)(=O)O.[Ca+2]. The Bertz CT molecular complexity index is 3830. The Hall–Kier alpha value is -6.72. The van der Waals surface area contributed by atoms with Gasteiger partial charge in [-0.2, -0.15) is 32.2 Å². The number of aliphatic imine (C=N–C) groups is 1. The smallest absolute Gasteiger partial charge is 0.871 e. The fraction of sp³-hybridized carbons (Fsp3) is 0.115. The maximum Gasteiger partial charge on any atom is 2.00 e. The first-order chi connectivity index (χ1) is 35.3. The number of halogens is 2. The number of ether oxygens (including phenoxy) is 2. The van der Waals surface area contributed by atoms with E-state index in [0.717, 1.165) is 0 Å². The fourth-order valence-electron chi connectivity index (χ4n) is 7.80. The number of hydrogen-bond acceptors (Lipinski definition) is 15. The summed E-state index contributed by atoms with van der Waals surface area (Å²) < 4.78 is 77.4. The number of fused-ring (bicyclic) bond motifs is 2. The van der Waals surface area contributed by atoms with Gasteiger partial charge in [-0.3, -0.25) is 18.9 Å². The van der Waals surface area contributed by atoms with Crippen LogP contribution in [0.5, 0.6) is 23.0 Å². The van der Waals surface area contributed by atoms with Gasteiger partial charge in [0.25, 0.3) is 26.1 Å². The van der Waals surface area contributed by atoms with E-state index in [1.165, 1.54) is 50.6 Å². The molecular weight excluding hydrogens is 1080 g/mol. The third-order valence-electron chi connectivity index (χ3n) is 11.2. The van der Waals surface area contributed by atoms with E-state index in [4.69, 9.17) is 32.7 Å². The number of carbonyl (C=O) groups excluding carboxylic acids is 1. The molecule has 0 bridgehead atoms. The molecule has 0 radical (unpaired) electrons. The number of aromatic hydroxyl groups is 1. The molecule has 1 amide bonds. The van der Waals surface area contributed by atoms with Crippen LogP contribution in [0.4, 0.5) is 34.1 Å². The van der Waals surface area contributed by atoms with Gasteiger partial charge in [0.05, 0.1) is 52.6 Å². The van der Waals surface area contributed by atoms with Crippen LogP contribution in [0.1, 0.15) is 40.9 Å². The Morgan fingerprint density at radius 1 is 0.613 bits per heavy atom. The molecule has 4 N–H and O–H groups in total. The van der Waals surface area contributed by atoms with Crippen LogP contribution in [0.25, 0.3) is 21.5 Å². The Morgan fingerprint density at radius 2 is 1.07 bits per heavy atom. The van der Waals surface area contributed by atoms with Gasteiger partial charge in [0.2, 0.25) is 0 Å². The van der Waals surface area contributed by atoms with Crippen LogP contribution in [0, 0.1) is 0 Å². The summed E-state index contributed by atoms with van der Waals surface area (Å²) in [5, 5.41) is 58.7. The van der Waals surface area contributed by atoms with E-state index in [1.807, 2.05) is 0 Å². The van der Waals surface area contributed by atoms with E-state index < -0.39 is 53.3 Å². The standard InChI is InChI=1S/2C26H22ClN3O6S.Ca/c2*1-3-16-20(13-12-19(27)25(16)37(33,34)35)29-30-23-17-9-5-4-8-15(17)14-18(24(23)31)26(32)28-21-10-6-7-11-22(21)36-2;/h2*4-14,31H,3H2,1-2H3,(H,28,32)(H,33,34,35);/q;;+2/p-2. The molecule has 0 saturated carbocycles. The second-order valence-corrected chi connectivity index (χ2v) is 19.2. The van der Waals surface area contributed by atoms with E-state index >= 15 is 0 Å². The zero-order chi connectivity index (χ0) is 53.5. The minimum Gasteiger partial charge on any atom is -0.871 e. The third kappa shape index (κ3) is 12.9. The number of benzene rings is 8. The van der Waals surface area contributed by atoms with Crippen molar-refractivity contribution in [1.82, 2.24) is 0 Å². The summed E-state index contributed by atoms with van der Waals surface area (Å²) in [6.45, 7) is 3.33. The number of anilines is 1. The first kappa shape index (κ1) is 57.6. The van der Waals surface area contributed by atoms with E-state index in [-0.39, 0.29) is 111 Å². The van der Waals surface area contributed by atoms with Gasteiger partial charge in [0.1, 0.15) is 32.7 Å². The van der Waals surface area contributed by atoms with Crippen LogP contribution in [0.15, 0.2) is 169 Å².